The van der Waals surface area contributed by atoms with E-state index in [0.717, 1.165) is 0 Å². The summed E-state index contributed by atoms with van der Waals surface area (Å²) in [6.07, 6.45) is 7.74. The van der Waals surface area contributed by atoms with Crippen molar-refractivity contribution in [2.24, 2.45) is 0 Å². The van der Waals surface area contributed by atoms with Gasteiger partial charge in [-0.3, -0.25) is 9.78 Å². The molecule has 0 amide bonds. The summed E-state index contributed by atoms with van der Waals surface area (Å²) in [6.45, 7) is 0. The molecule has 0 saturated heterocycles. The number of carbonyl (C=O) groups is 1. The Bertz CT molecular complexity index is 1010. The Morgan fingerprint density at radius 2 is 1.93 bits per heavy atom. The minimum atomic E-state index is -0.960. The van der Waals surface area contributed by atoms with Crippen LogP contribution in [0.15, 0.2) is 66.0 Å². The van der Waals surface area contributed by atoms with Crippen LogP contribution in [-0.2, 0) is 4.79 Å². The smallest absolute Gasteiger partial charge is 0.303 e. The van der Waals surface area contributed by atoms with Crippen molar-refractivity contribution in [2.75, 3.05) is 14.2 Å². The van der Waals surface area contributed by atoms with Crippen molar-refractivity contribution >= 4 is 5.97 Å². The molecule has 0 radical (unpaired) electrons. The zero-order chi connectivity index (χ0) is 21.5. The second kappa shape index (κ2) is 9.69. The average molecular weight is 412 g/mol. The van der Waals surface area contributed by atoms with Crippen molar-refractivity contribution in [1.82, 2.24) is 9.97 Å². The molecule has 1 heterocycles. The van der Waals surface area contributed by atoms with Crippen molar-refractivity contribution in [1.29, 1.82) is 0 Å². The SMILES string of the molecule is COc1cccc(OC)c1-c1cncc(OC=C2C=CC(CCC(=O)O)=C(F)C2)n1. The van der Waals surface area contributed by atoms with Crippen LogP contribution >= 0.6 is 0 Å². The summed E-state index contributed by atoms with van der Waals surface area (Å²) in [4.78, 5) is 19.3. The first-order valence-corrected chi connectivity index (χ1v) is 9.18. The number of halogens is 1. The van der Waals surface area contributed by atoms with E-state index >= 15 is 0 Å². The fourth-order valence-electron chi connectivity index (χ4n) is 2.96. The quantitative estimate of drug-likeness (QED) is 0.640. The summed E-state index contributed by atoms with van der Waals surface area (Å²) in [5, 5.41) is 8.73. The molecule has 2 aromatic rings. The Labute approximate surface area is 173 Å². The molecule has 1 aromatic carbocycles. The van der Waals surface area contributed by atoms with Gasteiger partial charge >= 0.3 is 5.97 Å². The number of methoxy groups -OCH3 is 2. The van der Waals surface area contributed by atoms with E-state index in [1.807, 2.05) is 6.07 Å². The topological polar surface area (TPSA) is 90.8 Å². The molecule has 1 N–H and O–H groups in total. The lowest BCUT2D eigenvalue weighted by Gasteiger charge is -2.13. The van der Waals surface area contributed by atoms with Crippen molar-refractivity contribution in [2.45, 2.75) is 19.3 Å². The molecule has 7 nitrogen and oxygen atoms in total. The van der Waals surface area contributed by atoms with Crippen molar-refractivity contribution in [3.05, 3.63) is 66.0 Å². The van der Waals surface area contributed by atoms with E-state index < -0.39 is 5.97 Å². The third-order valence-electron chi connectivity index (χ3n) is 4.44. The molecule has 1 aromatic heterocycles. The molecule has 0 saturated carbocycles. The van der Waals surface area contributed by atoms with Gasteiger partial charge in [0.2, 0.25) is 5.88 Å². The van der Waals surface area contributed by atoms with E-state index in [1.165, 1.54) is 12.5 Å². The third-order valence-corrected chi connectivity index (χ3v) is 4.44. The maximum Gasteiger partial charge on any atom is 0.303 e. The summed E-state index contributed by atoms with van der Waals surface area (Å²) in [7, 11) is 3.11. The van der Waals surface area contributed by atoms with E-state index in [9.17, 15) is 9.18 Å². The number of nitrogens with zero attached hydrogens (tertiary/aromatic N) is 2. The van der Waals surface area contributed by atoms with Crippen LogP contribution in [0.1, 0.15) is 19.3 Å². The lowest BCUT2D eigenvalue weighted by atomic mass is 9.99. The third kappa shape index (κ3) is 5.02. The maximum absolute atomic E-state index is 14.2. The summed E-state index contributed by atoms with van der Waals surface area (Å²) in [6, 6.07) is 5.39. The fourth-order valence-corrected chi connectivity index (χ4v) is 2.96. The monoisotopic (exact) mass is 412 g/mol. The van der Waals surface area contributed by atoms with Crippen LogP contribution in [-0.4, -0.2) is 35.3 Å². The molecular weight excluding hydrogens is 391 g/mol. The Kier molecular flexibility index (Phi) is 6.79. The van der Waals surface area contributed by atoms with E-state index in [1.54, 1.807) is 44.7 Å². The second-order valence-corrected chi connectivity index (χ2v) is 6.42. The predicted octanol–water partition coefficient (Wildman–Crippen LogP) is 4.47. The number of benzene rings is 1. The van der Waals surface area contributed by atoms with E-state index in [-0.39, 0.29) is 31.0 Å². The standard InChI is InChI=1S/C22H21FN2O5/c1-28-18-4-3-5-19(29-2)22(18)17-11-24-12-20(25-17)30-13-14-6-7-15(16(23)10-14)8-9-21(26)27/h3-7,11-13H,8-10H2,1-2H3,(H,26,27). The first kappa shape index (κ1) is 21.0. The van der Waals surface area contributed by atoms with Gasteiger partial charge in [0.25, 0.3) is 0 Å². The summed E-state index contributed by atoms with van der Waals surface area (Å²) >= 11 is 0. The van der Waals surface area contributed by atoms with Gasteiger partial charge in [-0.15, -0.1) is 0 Å². The molecule has 3 rings (SSSR count). The maximum atomic E-state index is 14.2. The fraction of sp³-hybridized carbons (Fsp3) is 0.227. The number of rotatable bonds is 8. The van der Waals surface area contributed by atoms with Gasteiger partial charge in [0.1, 0.15) is 23.0 Å². The molecule has 30 heavy (non-hydrogen) atoms. The van der Waals surface area contributed by atoms with E-state index in [2.05, 4.69) is 9.97 Å². The molecule has 0 aliphatic heterocycles. The molecule has 0 bridgehead atoms. The Morgan fingerprint density at radius 3 is 2.57 bits per heavy atom. The van der Waals surface area contributed by atoms with Gasteiger partial charge in [0.05, 0.1) is 38.4 Å². The molecule has 1 aliphatic rings. The highest BCUT2D eigenvalue weighted by molar-refractivity contribution is 5.74. The summed E-state index contributed by atoms with van der Waals surface area (Å²) in [5.41, 5.74) is 2.12. The summed E-state index contributed by atoms with van der Waals surface area (Å²) < 4.78 is 30.6. The van der Waals surface area contributed by atoms with Crippen LogP contribution in [0, 0.1) is 0 Å². The molecular formula is C22H21FN2O5. The Morgan fingerprint density at radius 1 is 1.20 bits per heavy atom. The molecule has 0 fully saturated rings. The van der Waals surface area contributed by atoms with Crippen molar-refractivity contribution in [3.63, 3.8) is 0 Å². The molecule has 0 unspecified atom stereocenters. The second-order valence-electron chi connectivity index (χ2n) is 6.42. The number of aromatic nitrogens is 2. The Hall–Kier alpha value is -3.68. The zero-order valence-corrected chi connectivity index (χ0v) is 16.6. The normalized spacial score (nSPS) is 14.7. The van der Waals surface area contributed by atoms with Gasteiger partial charge in [0.15, 0.2) is 0 Å². The number of carboxylic acids is 1. The van der Waals surface area contributed by atoms with Gasteiger partial charge in [-0.05, 0) is 29.7 Å². The first-order valence-electron chi connectivity index (χ1n) is 9.18. The van der Waals surface area contributed by atoms with Gasteiger partial charge in [-0.25, -0.2) is 9.37 Å². The average Bonchev–Trinajstić information content (AvgIpc) is 2.76. The number of aliphatic carboxylic acids is 1. The number of carboxylic acid groups (broad SMARTS) is 1. The minimum absolute atomic E-state index is 0.0267. The van der Waals surface area contributed by atoms with Crippen LogP contribution in [0.4, 0.5) is 4.39 Å². The highest BCUT2D eigenvalue weighted by atomic mass is 19.1. The zero-order valence-electron chi connectivity index (χ0n) is 16.6. The molecule has 0 spiro atoms. The summed E-state index contributed by atoms with van der Waals surface area (Å²) in [5.74, 6) is 0.0547. The van der Waals surface area contributed by atoms with Crippen LogP contribution in [0.25, 0.3) is 11.3 Å². The molecule has 8 heteroatoms. The number of hydrogen-bond acceptors (Lipinski definition) is 6. The van der Waals surface area contributed by atoms with Crippen LogP contribution in [0.2, 0.25) is 0 Å². The van der Waals surface area contributed by atoms with Gasteiger partial charge in [-0.1, -0.05) is 18.2 Å². The number of ether oxygens (including phenoxy) is 3. The Balaban J connectivity index is 1.76. The van der Waals surface area contributed by atoms with E-state index in [0.29, 0.717) is 33.9 Å². The van der Waals surface area contributed by atoms with Crippen LogP contribution in [0.5, 0.6) is 17.4 Å². The van der Waals surface area contributed by atoms with Crippen LogP contribution in [0.3, 0.4) is 0 Å². The minimum Gasteiger partial charge on any atom is -0.496 e. The predicted molar refractivity (Wildman–Crippen MR) is 108 cm³/mol. The lowest BCUT2D eigenvalue weighted by molar-refractivity contribution is -0.136. The number of allylic oxidation sites excluding steroid dienone is 5. The van der Waals surface area contributed by atoms with Gasteiger partial charge in [-0.2, -0.15) is 0 Å². The molecule has 156 valence electrons. The number of hydrogen-bond donors (Lipinski definition) is 1. The lowest BCUT2D eigenvalue weighted by Crippen LogP contribution is -2.00. The van der Waals surface area contributed by atoms with Crippen molar-refractivity contribution < 1.29 is 28.5 Å². The molecule has 1 aliphatic carbocycles. The first-order chi connectivity index (χ1) is 14.5. The molecule has 0 atom stereocenters. The van der Waals surface area contributed by atoms with Gasteiger partial charge in [0, 0.05) is 12.8 Å². The largest absolute Gasteiger partial charge is 0.496 e. The van der Waals surface area contributed by atoms with Crippen LogP contribution < -0.4 is 14.2 Å². The van der Waals surface area contributed by atoms with E-state index in [4.69, 9.17) is 19.3 Å². The van der Waals surface area contributed by atoms with Crippen molar-refractivity contribution in [3.8, 4) is 28.6 Å². The highest BCUT2D eigenvalue weighted by Gasteiger charge is 2.16. The highest BCUT2D eigenvalue weighted by Crippen LogP contribution is 2.37. The van der Waals surface area contributed by atoms with Gasteiger partial charge < -0.3 is 19.3 Å².